The van der Waals surface area contributed by atoms with Crippen LogP contribution in [0.15, 0.2) is 23.8 Å². The summed E-state index contributed by atoms with van der Waals surface area (Å²) >= 11 is 0. The molecule has 1 aromatic rings. The Morgan fingerprint density at radius 2 is 2.08 bits per heavy atom. The van der Waals surface area contributed by atoms with Gasteiger partial charge in [-0.05, 0) is 62.4 Å². The number of rotatable bonds is 5. The Balaban J connectivity index is 1.36. The van der Waals surface area contributed by atoms with Crippen molar-refractivity contribution in [3.63, 3.8) is 0 Å². The van der Waals surface area contributed by atoms with E-state index in [0.717, 1.165) is 61.0 Å². The van der Waals surface area contributed by atoms with Gasteiger partial charge in [0.2, 0.25) is 0 Å². The summed E-state index contributed by atoms with van der Waals surface area (Å²) < 4.78 is 11.0. The lowest BCUT2D eigenvalue weighted by Gasteiger charge is -2.33. The summed E-state index contributed by atoms with van der Waals surface area (Å²) in [5.74, 6) is 2.59. The number of hydrogen-bond donors (Lipinski definition) is 1. The first-order chi connectivity index (χ1) is 12.2. The van der Waals surface area contributed by atoms with E-state index in [9.17, 15) is 4.79 Å². The SMILES string of the molecule is COc1ccc2c(c1)C=C(C(=O)N1CCC(NCC3CC3)CC1)CO2. The molecule has 0 aromatic heterocycles. The Bertz CT molecular complexity index is 674. The van der Waals surface area contributed by atoms with E-state index in [1.54, 1.807) is 7.11 Å². The highest BCUT2D eigenvalue weighted by molar-refractivity contribution is 5.99. The number of nitrogens with zero attached hydrogens (tertiary/aromatic N) is 1. The summed E-state index contributed by atoms with van der Waals surface area (Å²) in [4.78, 5) is 14.8. The van der Waals surface area contributed by atoms with Crippen molar-refractivity contribution in [2.24, 2.45) is 5.92 Å². The van der Waals surface area contributed by atoms with Crippen LogP contribution in [-0.4, -0.2) is 50.2 Å². The number of hydrogen-bond acceptors (Lipinski definition) is 4. The van der Waals surface area contributed by atoms with E-state index in [0.29, 0.717) is 12.6 Å². The molecule has 2 fully saturated rings. The van der Waals surface area contributed by atoms with Gasteiger partial charge in [0.25, 0.3) is 5.91 Å². The van der Waals surface area contributed by atoms with E-state index in [2.05, 4.69) is 5.32 Å². The zero-order chi connectivity index (χ0) is 17.2. The maximum atomic E-state index is 12.8. The van der Waals surface area contributed by atoms with Gasteiger partial charge in [0.05, 0.1) is 12.7 Å². The van der Waals surface area contributed by atoms with Crippen LogP contribution in [0.5, 0.6) is 11.5 Å². The van der Waals surface area contributed by atoms with Gasteiger partial charge in [0.15, 0.2) is 0 Å². The van der Waals surface area contributed by atoms with Gasteiger partial charge in [-0.15, -0.1) is 0 Å². The number of ether oxygens (including phenoxy) is 2. The molecule has 1 saturated carbocycles. The van der Waals surface area contributed by atoms with Crippen LogP contribution in [0.2, 0.25) is 0 Å². The molecule has 1 amide bonds. The van der Waals surface area contributed by atoms with Crippen molar-refractivity contribution in [2.45, 2.75) is 31.7 Å². The first-order valence-electron chi connectivity index (χ1n) is 9.27. The number of methoxy groups -OCH3 is 1. The average Bonchev–Trinajstić information content (AvgIpc) is 3.50. The highest BCUT2D eigenvalue weighted by atomic mass is 16.5. The Morgan fingerprint density at radius 1 is 1.28 bits per heavy atom. The smallest absolute Gasteiger partial charge is 0.253 e. The van der Waals surface area contributed by atoms with Crippen LogP contribution < -0.4 is 14.8 Å². The lowest BCUT2D eigenvalue weighted by atomic mass is 10.0. The van der Waals surface area contributed by atoms with Gasteiger partial charge in [0, 0.05) is 24.7 Å². The molecule has 1 aliphatic carbocycles. The molecule has 3 aliphatic rings. The predicted octanol–water partition coefficient (Wildman–Crippen LogP) is 2.46. The third-order valence-corrected chi connectivity index (χ3v) is 5.38. The molecule has 2 aliphatic heterocycles. The first kappa shape index (κ1) is 16.5. The zero-order valence-electron chi connectivity index (χ0n) is 14.8. The maximum Gasteiger partial charge on any atom is 0.253 e. The first-order valence-corrected chi connectivity index (χ1v) is 9.27. The van der Waals surface area contributed by atoms with E-state index in [4.69, 9.17) is 9.47 Å². The zero-order valence-corrected chi connectivity index (χ0v) is 14.8. The van der Waals surface area contributed by atoms with Gasteiger partial charge in [-0.1, -0.05) is 0 Å². The minimum absolute atomic E-state index is 0.106. The van der Waals surface area contributed by atoms with E-state index < -0.39 is 0 Å². The summed E-state index contributed by atoms with van der Waals surface area (Å²) in [5.41, 5.74) is 1.64. The molecule has 1 saturated heterocycles. The van der Waals surface area contributed by atoms with Crippen molar-refractivity contribution in [3.8, 4) is 11.5 Å². The molecule has 1 N–H and O–H groups in total. The molecule has 0 radical (unpaired) electrons. The number of amides is 1. The standard InChI is InChI=1S/C20H26N2O3/c1-24-18-4-5-19-15(11-18)10-16(13-25-19)20(23)22-8-6-17(7-9-22)21-12-14-2-3-14/h4-5,10-11,14,17,21H,2-3,6-9,12-13H2,1H3. The van der Waals surface area contributed by atoms with Crippen LogP contribution >= 0.6 is 0 Å². The Kier molecular flexibility index (Phi) is 4.66. The fourth-order valence-electron chi connectivity index (χ4n) is 3.55. The Morgan fingerprint density at radius 3 is 2.80 bits per heavy atom. The molecule has 0 spiro atoms. The molecule has 2 heterocycles. The largest absolute Gasteiger partial charge is 0.497 e. The van der Waals surface area contributed by atoms with Gasteiger partial charge < -0.3 is 19.7 Å². The highest BCUT2D eigenvalue weighted by Gasteiger charge is 2.28. The van der Waals surface area contributed by atoms with Crippen LogP contribution in [-0.2, 0) is 4.79 Å². The lowest BCUT2D eigenvalue weighted by molar-refractivity contribution is -0.128. The van der Waals surface area contributed by atoms with Crippen LogP contribution in [0.1, 0.15) is 31.2 Å². The lowest BCUT2D eigenvalue weighted by Crippen LogP contribution is -2.46. The second kappa shape index (κ2) is 7.08. The number of benzene rings is 1. The fourth-order valence-corrected chi connectivity index (χ4v) is 3.55. The van der Waals surface area contributed by atoms with Crippen molar-refractivity contribution in [1.29, 1.82) is 0 Å². The number of nitrogens with one attached hydrogen (secondary N) is 1. The Labute approximate surface area is 149 Å². The van der Waals surface area contributed by atoms with Crippen LogP contribution in [0.4, 0.5) is 0 Å². The van der Waals surface area contributed by atoms with Gasteiger partial charge in [-0.2, -0.15) is 0 Å². The van der Waals surface area contributed by atoms with E-state index >= 15 is 0 Å². The van der Waals surface area contributed by atoms with Crippen molar-refractivity contribution in [3.05, 3.63) is 29.3 Å². The van der Waals surface area contributed by atoms with E-state index in [1.165, 1.54) is 12.8 Å². The molecule has 134 valence electrons. The van der Waals surface area contributed by atoms with Gasteiger partial charge in [0.1, 0.15) is 18.1 Å². The van der Waals surface area contributed by atoms with Crippen molar-refractivity contribution >= 4 is 12.0 Å². The molecular weight excluding hydrogens is 316 g/mol. The summed E-state index contributed by atoms with van der Waals surface area (Å²) in [6.45, 7) is 3.14. The van der Waals surface area contributed by atoms with Gasteiger partial charge in [-0.25, -0.2) is 0 Å². The molecular formula is C20H26N2O3. The molecule has 0 atom stereocenters. The molecule has 4 rings (SSSR count). The summed E-state index contributed by atoms with van der Waals surface area (Å²) in [5, 5.41) is 3.66. The van der Waals surface area contributed by atoms with E-state index in [1.807, 2.05) is 29.2 Å². The number of fused-ring (bicyclic) bond motifs is 1. The monoisotopic (exact) mass is 342 g/mol. The third kappa shape index (κ3) is 3.82. The summed E-state index contributed by atoms with van der Waals surface area (Å²) in [6, 6.07) is 6.24. The molecule has 0 bridgehead atoms. The normalized spacial score (nSPS) is 20.5. The fraction of sp³-hybridized carbons (Fsp3) is 0.550. The van der Waals surface area contributed by atoms with E-state index in [-0.39, 0.29) is 5.91 Å². The second-order valence-corrected chi connectivity index (χ2v) is 7.28. The number of piperidine rings is 1. The number of likely N-dealkylation sites (tertiary alicyclic amines) is 1. The second-order valence-electron chi connectivity index (χ2n) is 7.28. The average molecular weight is 342 g/mol. The number of carbonyl (C=O) groups is 1. The topological polar surface area (TPSA) is 50.8 Å². The van der Waals surface area contributed by atoms with Crippen molar-refractivity contribution in [2.75, 3.05) is 33.4 Å². The summed E-state index contributed by atoms with van der Waals surface area (Å²) in [7, 11) is 1.64. The quantitative estimate of drug-likeness (QED) is 0.893. The molecule has 25 heavy (non-hydrogen) atoms. The molecule has 1 aromatic carbocycles. The van der Waals surface area contributed by atoms with Crippen LogP contribution in [0, 0.1) is 5.92 Å². The third-order valence-electron chi connectivity index (χ3n) is 5.38. The van der Waals surface area contributed by atoms with Crippen molar-refractivity contribution < 1.29 is 14.3 Å². The summed E-state index contributed by atoms with van der Waals surface area (Å²) in [6.07, 6.45) is 6.78. The van der Waals surface area contributed by atoms with Crippen LogP contribution in [0.25, 0.3) is 6.08 Å². The van der Waals surface area contributed by atoms with Gasteiger partial charge >= 0.3 is 0 Å². The van der Waals surface area contributed by atoms with Crippen molar-refractivity contribution in [1.82, 2.24) is 10.2 Å². The molecule has 5 nitrogen and oxygen atoms in total. The predicted molar refractivity (Wildman–Crippen MR) is 96.8 cm³/mol. The number of carbonyl (C=O) groups excluding carboxylic acids is 1. The minimum atomic E-state index is 0.106. The molecule has 0 unspecified atom stereocenters. The minimum Gasteiger partial charge on any atom is -0.497 e. The Hall–Kier alpha value is -2.01. The maximum absolute atomic E-state index is 12.8. The highest BCUT2D eigenvalue weighted by Crippen LogP contribution is 2.31. The van der Waals surface area contributed by atoms with Gasteiger partial charge in [-0.3, -0.25) is 4.79 Å². The molecule has 5 heteroatoms. The van der Waals surface area contributed by atoms with Crippen LogP contribution in [0.3, 0.4) is 0 Å².